The van der Waals surface area contributed by atoms with Gasteiger partial charge in [-0.2, -0.15) is 0 Å². The van der Waals surface area contributed by atoms with E-state index in [0.717, 1.165) is 5.22 Å². The number of hydrogen-bond acceptors (Lipinski definition) is 0. The number of benzene rings is 5. The van der Waals surface area contributed by atoms with Crippen molar-refractivity contribution in [2.45, 2.75) is 0 Å². The lowest BCUT2D eigenvalue weighted by Gasteiger charge is -2.07. The van der Waals surface area contributed by atoms with E-state index in [1.807, 2.05) is 0 Å². The van der Waals surface area contributed by atoms with Gasteiger partial charge in [0.25, 0.3) is 0 Å². The van der Waals surface area contributed by atoms with E-state index in [4.69, 9.17) is 0 Å². The number of fused-ring (bicyclic) bond motifs is 5. The van der Waals surface area contributed by atoms with Crippen LogP contribution in [0.3, 0.4) is 0 Å². The van der Waals surface area contributed by atoms with Crippen molar-refractivity contribution in [3.63, 3.8) is 0 Å². The van der Waals surface area contributed by atoms with Gasteiger partial charge >= 0.3 is 0 Å². The Morgan fingerprint density at radius 2 is 0.938 bits per heavy atom. The fraction of sp³-hybridized carbons (Fsp3) is 0. The highest BCUT2D eigenvalue weighted by atomic mass is 14.3. The van der Waals surface area contributed by atoms with Crippen LogP contribution in [-0.4, -0.2) is 0 Å². The molecule has 0 aromatic heterocycles. The first-order valence-electron chi connectivity index (χ1n) is 11.1. The first-order chi connectivity index (χ1) is 15.8. The minimum absolute atomic E-state index is 1.11. The zero-order chi connectivity index (χ0) is 21.2. The Kier molecular flexibility index (Phi) is 3.51. The fourth-order valence-corrected chi connectivity index (χ4v) is 5.63. The lowest BCUT2D eigenvalue weighted by atomic mass is 9.96. The summed E-state index contributed by atoms with van der Waals surface area (Å²) in [6, 6.07) is 39.3. The molecule has 0 atom stereocenters. The lowest BCUT2D eigenvalue weighted by Crippen LogP contribution is -2.01. The molecule has 0 fully saturated rings. The van der Waals surface area contributed by atoms with Crippen molar-refractivity contribution < 1.29 is 0 Å². The standard InChI is InChI=1S/C32H20/c1-20-28(21-11-4-2-5-12-21)31-26-18-10-17-25-24-16-9-8-15-23(24)19-27(30(25)26)32(31)29(20)22-13-6-3-7-14-22/h2-19H,1H2. The molecule has 5 aromatic rings. The van der Waals surface area contributed by atoms with Crippen molar-refractivity contribution in [2.24, 2.45) is 0 Å². The van der Waals surface area contributed by atoms with Gasteiger partial charge in [-0.3, -0.25) is 0 Å². The third-order valence-corrected chi connectivity index (χ3v) is 6.90. The first kappa shape index (κ1) is 17.5. The van der Waals surface area contributed by atoms with E-state index in [-0.39, 0.29) is 0 Å². The highest BCUT2D eigenvalue weighted by Crippen LogP contribution is 2.52. The molecule has 0 N–H and O–H groups in total. The van der Waals surface area contributed by atoms with Crippen LogP contribution in [0.15, 0.2) is 109 Å². The maximum Gasteiger partial charge on any atom is -0.000741 e. The highest BCUT2D eigenvalue weighted by molar-refractivity contribution is 6.33. The van der Waals surface area contributed by atoms with Crippen LogP contribution in [-0.2, 0) is 0 Å². The van der Waals surface area contributed by atoms with Gasteiger partial charge in [-0.05, 0) is 77.0 Å². The maximum absolute atomic E-state index is 4.64. The van der Waals surface area contributed by atoms with Crippen LogP contribution in [0, 0.1) is 0 Å². The molecule has 0 heteroatoms. The first-order valence-corrected chi connectivity index (χ1v) is 11.1. The monoisotopic (exact) mass is 404 g/mol. The average Bonchev–Trinajstić information content (AvgIpc) is 3.33. The van der Waals surface area contributed by atoms with Gasteiger partial charge < -0.3 is 0 Å². The summed E-state index contributed by atoms with van der Waals surface area (Å²) in [5.41, 5.74) is 7.63. The summed E-state index contributed by atoms with van der Waals surface area (Å²) in [5.74, 6) is 0. The van der Waals surface area contributed by atoms with Gasteiger partial charge in [0.05, 0.1) is 0 Å². The lowest BCUT2D eigenvalue weighted by molar-refractivity contribution is 1.63. The molecule has 0 bridgehead atoms. The molecular weight excluding hydrogens is 384 g/mol. The third-order valence-electron chi connectivity index (χ3n) is 6.90. The Morgan fingerprint density at radius 1 is 0.406 bits per heavy atom. The number of hydrogen-bond donors (Lipinski definition) is 0. The van der Waals surface area contributed by atoms with E-state index < -0.39 is 0 Å². The zero-order valence-electron chi connectivity index (χ0n) is 17.6. The minimum Gasteiger partial charge on any atom is -0.0905 e. The minimum atomic E-state index is 1.11. The van der Waals surface area contributed by atoms with E-state index in [1.54, 1.807) is 0 Å². The normalized spacial score (nSPS) is 11.9. The summed E-state index contributed by atoms with van der Waals surface area (Å²) >= 11 is 0. The Hall–Kier alpha value is -4.16. The molecule has 2 aliphatic carbocycles. The van der Waals surface area contributed by atoms with E-state index in [2.05, 4.69) is 116 Å². The van der Waals surface area contributed by atoms with Gasteiger partial charge in [-0.15, -0.1) is 0 Å². The second-order valence-electron chi connectivity index (χ2n) is 8.58. The van der Waals surface area contributed by atoms with Crippen LogP contribution in [0.5, 0.6) is 0 Å². The smallest absolute Gasteiger partial charge is 0.000741 e. The molecule has 32 heavy (non-hydrogen) atoms. The molecule has 0 heterocycles. The van der Waals surface area contributed by atoms with Crippen LogP contribution in [0.4, 0.5) is 0 Å². The quantitative estimate of drug-likeness (QED) is 0.255. The summed E-state index contributed by atoms with van der Waals surface area (Å²) in [7, 11) is 0. The molecule has 2 aliphatic rings. The van der Waals surface area contributed by atoms with Gasteiger partial charge in [-0.1, -0.05) is 110 Å². The molecule has 0 aliphatic heterocycles. The van der Waals surface area contributed by atoms with E-state index in [9.17, 15) is 0 Å². The summed E-state index contributed by atoms with van der Waals surface area (Å²) < 4.78 is 0. The highest BCUT2D eigenvalue weighted by Gasteiger charge is 2.28. The van der Waals surface area contributed by atoms with Gasteiger partial charge in [0.1, 0.15) is 0 Å². The van der Waals surface area contributed by atoms with Crippen molar-refractivity contribution in [1.82, 2.24) is 0 Å². The van der Waals surface area contributed by atoms with Crippen LogP contribution in [0.25, 0.3) is 72.3 Å². The van der Waals surface area contributed by atoms with E-state index in [0.29, 0.717) is 0 Å². The molecule has 0 spiro atoms. The van der Waals surface area contributed by atoms with Crippen molar-refractivity contribution in [3.05, 3.63) is 114 Å². The fourth-order valence-electron chi connectivity index (χ4n) is 5.63. The molecular formula is C32H20. The summed E-state index contributed by atoms with van der Waals surface area (Å²) in [6.07, 6.45) is 0. The van der Waals surface area contributed by atoms with Crippen LogP contribution < -0.4 is 5.22 Å². The molecule has 0 radical (unpaired) electrons. The Labute approximate surface area is 186 Å². The van der Waals surface area contributed by atoms with Crippen molar-refractivity contribution in [2.75, 3.05) is 0 Å². The Bertz CT molecular complexity index is 1760. The Morgan fingerprint density at radius 3 is 1.62 bits per heavy atom. The molecule has 0 nitrogen and oxygen atoms in total. The molecule has 0 unspecified atom stereocenters. The van der Waals surface area contributed by atoms with Crippen molar-refractivity contribution in [1.29, 1.82) is 0 Å². The summed E-state index contributed by atoms with van der Waals surface area (Å²) in [6.45, 7) is 4.64. The zero-order valence-corrected chi connectivity index (χ0v) is 17.6. The summed E-state index contributed by atoms with van der Waals surface area (Å²) in [4.78, 5) is 0. The van der Waals surface area contributed by atoms with Crippen molar-refractivity contribution >= 4 is 38.9 Å². The van der Waals surface area contributed by atoms with Gasteiger partial charge in [-0.25, -0.2) is 0 Å². The van der Waals surface area contributed by atoms with Crippen molar-refractivity contribution in [3.8, 4) is 33.4 Å². The molecule has 5 aromatic carbocycles. The topological polar surface area (TPSA) is 0 Å². The van der Waals surface area contributed by atoms with Crippen LogP contribution >= 0.6 is 0 Å². The van der Waals surface area contributed by atoms with Gasteiger partial charge in [0.15, 0.2) is 0 Å². The number of rotatable bonds is 2. The van der Waals surface area contributed by atoms with E-state index in [1.165, 1.54) is 65.7 Å². The maximum atomic E-state index is 4.64. The molecule has 0 saturated carbocycles. The third kappa shape index (κ3) is 2.22. The average molecular weight is 405 g/mol. The molecule has 148 valence electrons. The molecule has 7 rings (SSSR count). The van der Waals surface area contributed by atoms with Gasteiger partial charge in [0, 0.05) is 0 Å². The molecule has 0 amide bonds. The predicted molar refractivity (Wildman–Crippen MR) is 138 cm³/mol. The van der Waals surface area contributed by atoms with Crippen LogP contribution in [0.1, 0.15) is 0 Å². The van der Waals surface area contributed by atoms with Gasteiger partial charge in [0.2, 0.25) is 0 Å². The Balaban J connectivity index is 1.77. The SMILES string of the molecule is C=c1c(-c2ccccc2)c2c3cccc4c5ccccc5cc(c-2c1-c1ccccc1)c34. The molecule has 0 saturated heterocycles. The second kappa shape index (κ2) is 6.42. The van der Waals surface area contributed by atoms with E-state index >= 15 is 0 Å². The second-order valence-corrected chi connectivity index (χ2v) is 8.58. The predicted octanol–water partition coefficient (Wildman–Crippen LogP) is 8.15. The summed E-state index contributed by atoms with van der Waals surface area (Å²) in [5, 5.41) is 9.06. The van der Waals surface area contributed by atoms with Crippen LogP contribution in [0.2, 0.25) is 0 Å². The largest absolute Gasteiger partial charge is 0.0905 e.